The minimum absolute atomic E-state index is 0.158. The second-order valence-corrected chi connectivity index (χ2v) is 3.41. The van der Waals surface area contributed by atoms with Crippen molar-refractivity contribution in [1.29, 1.82) is 0 Å². The van der Waals surface area contributed by atoms with Gasteiger partial charge in [-0.05, 0) is 26.0 Å². The summed E-state index contributed by atoms with van der Waals surface area (Å²) < 4.78 is 26.4. The van der Waals surface area contributed by atoms with E-state index < -0.39 is 17.7 Å². The highest BCUT2D eigenvalue weighted by Crippen LogP contribution is 2.13. The molecule has 0 radical (unpaired) electrons. The Hall–Kier alpha value is -1.53. The maximum Gasteiger partial charge on any atom is 0.135 e. The summed E-state index contributed by atoms with van der Waals surface area (Å²) in [5, 5.41) is 3.79. The molecule has 1 atom stereocenters. The molecule has 0 saturated heterocycles. The largest absolute Gasteiger partial charge is 0.396 e. The molecule has 0 aliphatic heterocycles. The number of hydrogen-bond acceptors (Lipinski definition) is 4. The summed E-state index contributed by atoms with van der Waals surface area (Å²) in [5.41, 5.74) is 2.88. The van der Waals surface area contributed by atoms with Gasteiger partial charge in [0, 0.05) is 11.6 Å². The zero-order valence-electron chi connectivity index (χ0n) is 9.71. The molecular weight excluding hydrogens is 228 g/mol. The molecule has 1 aromatic carbocycles. The third-order valence-corrected chi connectivity index (χ3v) is 2.16. The summed E-state index contributed by atoms with van der Waals surface area (Å²) >= 11 is 0. The number of nitrogens with zero attached hydrogens (tertiary/aromatic N) is 1. The van der Waals surface area contributed by atoms with E-state index >= 15 is 0 Å². The second kappa shape index (κ2) is 6.27. The van der Waals surface area contributed by atoms with Gasteiger partial charge in [-0.15, -0.1) is 0 Å². The predicted octanol–water partition coefficient (Wildman–Crippen LogP) is 1.56. The number of halogens is 2. The molecule has 3 N–H and O–H groups in total. The topological polar surface area (TPSA) is 59.6 Å². The summed E-state index contributed by atoms with van der Waals surface area (Å²) in [4.78, 5) is 4.89. The molecular formula is C11H15F2N3O. The first-order chi connectivity index (χ1) is 8.10. The SMILES string of the molecule is CCO/N=C(\c1ccc(F)cc1F)C(C)NN. The Morgan fingerprint density at radius 2 is 2.24 bits per heavy atom. The molecule has 0 aromatic heterocycles. The van der Waals surface area contributed by atoms with Crippen LogP contribution >= 0.6 is 0 Å². The van der Waals surface area contributed by atoms with E-state index in [1.807, 2.05) is 0 Å². The first-order valence-electron chi connectivity index (χ1n) is 5.21. The number of benzene rings is 1. The highest BCUT2D eigenvalue weighted by molar-refractivity contribution is 6.04. The van der Waals surface area contributed by atoms with Crippen molar-refractivity contribution in [2.45, 2.75) is 19.9 Å². The molecule has 1 unspecified atom stereocenters. The van der Waals surface area contributed by atoms with Gasteiger partial charge in [0.05, 0.1) is 6.04 Å². The maximum atomic E-state index is 13.6. The molecule has 0 bridgehead atoms. The number of rotatable bonds is 5. The first-order valence-corrected chi connectivity index (χ1v) is 5.21. The van der Waals surface area contributed by atoms with E-state index in [9.17, 15) is 8.78 Å². The van der Waals surface area contributed by atoms with Gasteiger partial charge in [-0.2, -0.15) is 0 Å². The molecule has 0 heterocycles. The van der Waals surface area contributed by atoms with Crippen LogP contribution in [0.2, 0.25) is 0 Å². The predicted molar refractivity (Wildman–Crippen MR) is 61.3 cm³/mol. The molecule has 0 amide bonds. The van der Waals surface area contributed by atoms with Gasteiger partial charge < -0.3 is 4.84 Å². The molecule has 0 fully saturated rings. The fourth-order valence-electron chi connectivity index (χ4n) is 1.27. The standard InChI is InChI=1S/C11H15F2N3O/c1-3-17-16-11(7(2)15-14)9-5-4-8(12)6-10(9)13/h4-7,15H,3,14H2,1-2H3/b16-11-. The van der Waals surface area contributed by atoms with E-state index in [0.29, 0.717) is 6.61 Å². The molecule has 1 rings (SSSR count). The Morgan fingerprint density at radius 1 is 1.53 bits per heavy atom. The summed E-state index contributed by atoms with van der Waals surface area (Å²) in [6.07, 6.45) is 0. The lowest BCUT2D eigenvalue weighted by atomic mass is 10.0. The fourth-order valence-corrected chi connectivity index (χ4v) is 1.27. The minimum atomic E-state index is -0.703. The normalized spacial score (nSPS) is 13.6. The molecule has 4 nitrogen and oxygen atoms in total. The van der Waals surface area contributed by atoms with Crippen LogP contribution in [0.3, 0.4) is 0 Å². The summed E-state index contributed by atoms with van der Waals surface area (Å²) in [6, 6.07) is 2.83. The van der Waals surface area contributed by atoms with E-state index in [4.69, 9.17) is 10.7 Å². The van der Waals surface area contributed by atoms with Crippen molar-refractivity contribution in [3.63, 3.8) is 0 Å². The summed E-state index contributed by atoms with van der Waals surface area (Å²) in [7, 11) is 0. The Balaban J connectivity index is 3.12. The number of nitrogens with two attached hydrogens (primary N) is 1. The highest BCUT2D eigenvalue weighted by atomic mass is 19.1. The van der Waals surface area contributed by atoms with Crippen molar-refractivity contribution in [2.75, 3.05) is 6.61 Å². The van der Waals surface area contributed by atoms with Crippen LogP contribution in [-0.4, -0.2) is 18.4 Å². The van der Waals surface area contributed by atoms with Crippen LogP contribution in [0.4, 0.5) is 8.78 Å². The summed E-state index contributed by atoms with van der Waals surface area (Å²) in [6.45, 7) is 3.80. The molecule has 0 aliphatic rings. The van der Waals surface area contributed by atoms with Crippen molar-refractivity contribution < 1.29 is 13.6 Å². The van der Waals surface area contributed by atoms with Gasteiger partial charge in [0.2, 0.25) is 0 Å². The lowest BCUT2D eigenvalue weighted by Crippen LogP contribution is -2.39. The Kier molecular flexibility index (Phi) is 4.99. The van der Waals surface area contributed by atoms with Gasteiger partial charge in [-0.3, -0.25) is 11.3 Å². The zero-order chi connectivity index (χ0) is 12.8. The van der Waals surface area contributed by atoms with Crippen LogP contribution in [0.1, 0.15) is 19.4 Å². The van der Waals surface area contributed by atoms with Crippen LogP contribution in [0.15, 0.2) is 23.4 Å². The third kappa shape index (κ3) is 3.47. The van der Waals surface area contributed by atoms with E-state index in [1.54, 1.807) is 13.8 Å². The van der Waals surface area contributed by atoms with Crippen LogP contribution in [-0.2, 0) is 4.84 Å². The number of oxime groups is 1. The van der Waals surface area contributed by atoms with Crippen LogP contribution < -0.4 is 11.3 Å². The average Bonchev–Trinajstić information content (AvgIpc) is 2.31. The Bertz CT molecular complexity index is 410. The van der Waals surface area contributed by atoms with Crippen molar-refractivity contribution in [3.8, 4) is 0 Å². The van der Waals surface area contributed by atoms with Crippen molar-refractivity contribution in [2.24, 2.45) is 11.0 Å². The Labute approximate surface area is 98.4 Å². The van der Waals surface area contributed by atoms with Crippen molar-refractivity contribution in [1.82, 2.24) is 5.43 Å². The van der Waals surface area contributed by atoms with E-state index in [-0.39, 0.29) is 11.3 Å². The Morgan fingerprint density at radius 3 is 2.76 bits per heavy atom. The minimum Gasteiger partial charge on any atom is -0.396 e. The third-order valence-electron chi connectivity index (χ3n) is 2.16. The van der Waals surface area contributed by atoms with Gasteiger partial charge in [0.15, 0.2) is 0 Å². The van der Waals surface area contributed by atoms with Gasteiger partial charge >= 0.3 is 0 Å². The van der Waals surface area contributed by atoms with E-state index in [1.165, 1.54) is 6.07 Å². The van der Waals surface area contributed by atoms with Crippen LogP contribution in [0, 0.1) is 11.6 Å². The molecule has 0 saturated carbocycles. The molecule has 0 spiro atoms. The van der Waals surface area contributed by atoms with E-state index in [2.05, 4.69) is 10.6 Å². The zero-order valence-corrected chi connectivity index (χ0v) is 9.71. The highest BCUT2D eigenvalue weighted by Gasteiger charge is 2.17. The molecule has 1 aromatic rings. The molecule has 94 valence electrons. The number of nitrogens with one attached hydrogen (secondary N) is 1. The average molecular weight is 243 g/mol. The maximum absolute atomic E-state index is 13.6. The lowest BCUT2D eigenvalue weighted by molar-refractivity contribution is 0.157. The smallest absolute Gasteiger partial charge is 0.135 e. The first kappa shape index (κ1) is 13.5. The van der Waals surface area contributed by atoms with Gasteiger partial charge in [0.1, 0.15) is 24.0 Å². The van der Waals surface area contributed by atoms with Gasteiger partial charge in [0.25, 0.3) is 0 Å². The van der Waals surface area contributed by atoms with Crippen LogP contribution in [0.25, 0.3) is 0 Å². The number of hydrogen-bond donors (Lipinski definition) is 2. The van der Waals surface area contributed by atoms with Gasteiger partial charge in [-0.1, -0.05) is 5.16 Å². The summed E-state index contributed by atoms with van der Waals surface area (Å²) in [5.74, 6) is 3.93. The van der Waals surface area contributed by atoms with Crippen molar-refractivity contribution in [3.05, 3.63) is 35.4 Å². The fraction of sp³-hybridized carbons (Fsp3) is 0.364. The quantitative estimate of drug-likeness (QED) is 0.468. The second-order valence-electron chi connectivity index (χ2n) is 3.41. The van der Waals surface area contributed by atoms with E-state index in [0.717, 1.165) is 12.1 Å². The molecule has 6 heteroatoms. The van der Waals surface area contributed by atoms with Gasteiger partial charge in [-0.25, -0.2) is 8.78 Å². The van der Waals surface area contributed by atoms with Crippen LogP contribution in [0.5, 0.6) is 0 Å². The number of hydrazine groups is 1. The monoisotopic (exact) mass is 243 g/mol. The van der Waals surface area contributed by atoms with Crippen molar-refractivity contribution >= 4 is 5.71 Å². The lowest BCUT2D eigenvalue weighted by Gasteiger charge is -2.14. The molecule has 0 aliphatic carbocycles. The molecule has 17 heavy (non-hydrogen) atoms.